The van der Waals surface area contributed by atoms with Gasteiger partial charge >= 0.3 is 0 Å². The Hall–Kier alpha value is -4.30. The van der Waals surface area contributed by atoms with Gasteiger partial charge < -0.3 is 9.47 Å². The van der Waals surface area contributed by atoms with E-state index in [-0.39, 0.29) is 10.8 Å². The first-order chi connectivity index (χ1) is 17.8. The van der Waals surface area contributed by atoms with Crippen LogP contribution in [0.15, 0.2) is 132 Å². The molecule has 2 bridgehead atoms. The van der Waals surface area contributed by atoms with Crippen molar-refractivity contribution in [2.75, 3.05) is 13.2 Å². The Morgan fingerprint density at radius 3 is 1.11 bits per heavy atom. The third kappa shape index (κ3) is 2.37. The van der Waals surface area contributed by atoms with Crippen LogP contribution in [-0.2, 0) is 20.3 Å². The third-order valence-electron chi connectivity index (χ3n) is 8.46. The molecular formula is C34H24O2. The van der Waals surface area contributed by atoms with Crippen molar-refractivity contribution < 1.29 is 9.47 Å². The van der Waals surface area contributed by atoms with E-state index in [0.29, 0.717) is 13.2 Å². The molecule has 3 aliphatic carbocycles. The molecular weight excluding hydrogens is 440 g/mol. The molecule has 5 aliphatic rings. The molecule has 0 saturated carbocycles. The van der Waals surface area contributed by atoms with Crippen LogP contribution in [0.5, 0.6) is 0 Å². The van der Waals surface area contributed by atoms with Crippen LogP contribution in [0, 0.1) is 0 Å². The first-order valence-corrected chi connectivity index (χ1v) is 12.6. The van der Waals surface area contributed by atoms with Crippen molar-refractivity contribution in [1.82, 2.24) is 0 Å². The summed E-state index contributed by atoms with van der Waals surface area (Å²) in [5.41, 5.74) is 9.54. The molecule has 2 spiro atoms. The van der Waals surface area contributed by atoms with Gasteiger partial charge in [-0.15, -0.1) is 0 Å². The summed E-state index contributed by atoms with van der Waals surface area (Å²) in [5, 5.41) is 0. The average molecular weight is 465 g/mol. The van der Waals surface area contributed by atoms with Crippen molar-refractivity contribution in [2.24, 2.45) is 0 Å². The van der Waals surface area contributed by atoms with Crippen molar-refractivity contribution >= 4 is 11.5 Å². The Bertz CT molecular complexity index is 1450. The quantitative estimate of drug-likeness (QED) is 0.317. The zero-order valence-corrected chi connectivity index (χ0v) is 19.8. The van der Waals surface area contributed by atoms with Crippen LogP contribution in [0.2, 0.25) is 0 Å². The van der Waals surface area contributed by atoms with Gasteiger partial charge in [-0.05, 0) is 45.6 Å². The van der Waals surface area contributed by atoms with Crippen LogP contribution in [0.1, 0.15) is 33.4 Å². The third-order valence-corrected chi connectivity index (χ3v) is 8.46. The average Bonchev–Trinajstić information content (AvgIpc) is 2.97. The van der Waals surface area contributed by atoms with Crippen LogP contribution in [0.25, 0.3) is 11.5 Å². The Morgan fingerprint density at radius 1 is 0.417 bits per heavy atom. The molecule has 4 aromatic carbocycles. The van der Waals surface area contributed by atoms with E-state index >= 15 is 0 Å². The van der Waals surface area contributed by atoms with Crippen LogP contribution < -0.4 is 0 Å². The van der Waals surface area contributed by atoms with Gasteiger partial charge in [0.2, 0.25) is 0 Å². The maximum absolute atomic E-state index is 6.63. The lowest BCUT2D eigenvalue weighted by Gasteiger charge is -2.58. The summed E-state index contributed by atoms with van der Waals surface area (Å²) >= 11 is 0. The van der Waals surface area contributed by atoms with Crippen LogP contribution in [0.4, 0.5) is 0 Å². The lowest BCUT2D eigenvalue weighted by Crippen LogP contribution is -2.55. The van der Waals surface area contributed by atoms with Crippen molar-refractivity contribution in [1.29, 1.82) is 0 Å². The molecule has 0 atom stereocenters. The number of allylic oxidation sites excluding steroid dienone is 2. The van der Waals surface area contributed by atoms with Crippen molar-refractivity contribution in [3.63, 3.8) is 0 Å². The molecule has 172 valence electrons. The zero-order valence-electron chi connectivity index (χ0n) is 19.8. The van der Waals surface area contributed by atoms with Crippen molar-refractivity contribution in [3.05, 3.63) is 166 Å². The topological polar surface area (TPSA) is 18.5 Å². The molecule has 4 aromatic rings. The van der Waals surface area contributed by atoms with E-state index in [0.717, 1.165) is 22.6 Å². The summed E-state index contributed by atoms with van der Waals surface area (Å²) < 4.78 is 13.3. The highest BCUT2D eigenvalue weighted by molar-refractivity contribution is 5.83. The normalized spacial score (nSPS) is 24.8. The highest BCUT2D eigenvalue weighted by atomic mass is 16.5. The second-order valence-corrected chi connectivity index (χ2v) is 10.1. The highest BCUT2D eigenvalue weighted by Gasteiger charge is 2.61. The Kier molecular flexibility index (Phi) is 3.94. The zero-order chi connectivity index (χ0) is 23.7. The molecule has 2 nitrogen and oxygen atoms in total. The van der Waals surface area contributed by atoms with E-state index in [1.807, 2.05) is 12.1 Å². The maximum Gasteiger partial charge on any atom is 0.126 e. The summed E-state index contributed by atoms with van der Waals surface area (Å²) in [4.78, 5) is 0. The SMILES string of the molecule is C1=C(c2ccccc2)OCC23C1=C1C=C(c4ccccc4)OCC1(c1ccccc12)c1ccccc13. The minimum Gasteiger partial charge on any atom is -0.491 e. The maximum atomic E-state index is 6.63. The minimum absolute atomic E-state index is 0.349. The molecule has 0 fully saturated rings. The monoisotopic (exact) mass is 464 g/mol. The van der Waals surface area contributed by atoms with Crippen LogP contribution >= 0.6 is 0 Å². The van der Waals surface area contributed by atoms with Gasteiger partial charge in [-0.1, -0.05) is 109 Å². The Labute approximate surface area is 210 Å². The van der Waals surface area contributed by atoms with E-state index in [1.165, 1.54) is 33.4 Å². The fourth-order valence-electron chi connectivity index (χ4n) is 6.91. The number of hydrogen-bond donors (Lipinski definition) is 0. The first-order valence-electron chi connectivity index (χ1n) is 12.6. The molecule has 0 unspecified atom stereocenters. The lowest BCUT2D eigenvalue weighted by molar-refractivity contribution is 0.178. The standard InChI is InChI=1S/C34H24O2/c1-3-11-23(12-4-1)31-19-29-30-20-32(24-13-5-2-6-14-24)36-22-34(30)27-17-9-7-15-25(27)33(29,21-35-31)26-16-8-10-18-28(26)34/h1-20H,21-22H2. The second kappa shape index (κ2) is 7.11. The smallest absolute Gasteiger partial charge is 0.126 e. The minimum atomic E-state index is -0.349. The van der Waals surface area contributed by atoms with Gasteiger partial charge in [0, 0.05) is 11.1 Å². The molecule has 9 rings (SSSR count). The molecule has 0 radical (unpaired) electrons. The molecule has 2 aliphatic heterocycles. The predicted molar refractivity (Wildman–Crippen MR) is 142 cm³/mol. The fraction of sp³-hybridized carbons (Fsp3) is 0.118. The molecule has 2 heteroatoms. The van der Waals surface area contributed by atoms with E-state index in [4.69, 9.17) is 9.47 Å². The molecule has 36 heavy (non-hydrogen) atoms. The van der Waals surface area contributed by atoms with Crippen molar-refractivity contribution in [2.45, 2.75) is 10.8 Å². The van der Waals surface area contributed by atoms with Crippen molar-refractivity contribution in [3.8, 4) is 0 Å². The first kappa shape index (κ1) is 19.9. The summed E-state index contributed by atoms with van der Waals surface area (Å²) in [7, 11) is 0. The van der Waals surface area contributed by atoms with Gasteiger partial charge in [0.15, 0.2) is 0 Å². The highest BCUT2D eigenvalue weighted by Crippen LogP contribution is 2.65. The molecule has 2 heterocycles. The van der Waals surface area contributed by atoms with Crippen LogP contribution in [-0.4, -0.2) is 13.2 Å². The molecule has 0 amide bonds. The van der Waals surface area contributed by atoms with E-state index in [9.17, 15) is 0 Å². The van der Waals surface area contributed by atoms with Crippen LogP contribution in [0.3, 0.4) is 0 Å². The second-order valence-electron chi connectivity index (χ2n) is 10.1. The summed E-state index contributed by atoms with van der Waals surface area (Å²) in [6.45, 7) is 1.15. The van der Waals surface area contributed by atoms with Gasteiger partial charge in [0.05, 0.1) is 10.8 Å². The molecule has 0 N–H and O–H groups in total. The molecule has 0 saturated heterocycles. The number of ether oxygens (including phenoxy) is 2. The summed E-state index contributed by atoms with van der Waals surface area (Å²) in [6.07, 6.45) is 4.61. The van der Waals surface area contributed by atoms with Gasteiger partial charge in [0.1, 0.15) is 24.7 Å². The van der Waals surface area contributed by atoms with Gasteiger partial charge in [-0.3, -0.25) is 0 Å². The predicted octanol–water partition coefficient (Wildman–Crippen LogP) is 7.03. The van der Waals surface area contributed by atoms with E-state index < -0.39 is 0 Å². The van der Waals surface area contributed by atoms with E-state index in [2.05, 4.69) is 109 Å². The number of hydrogen-bond acceptors (Lipinski definition) is 2. The van der Waals surface area contributed by atoms with Gasteiger partial charge in [0.25, 0.3) is 0 Å². The summed E-state index contributed by atoms with van der Waals surface area (Å²) in [5.74, 6) is 1.87. The van der Waals surface area contributed by atoms with Gasteiger partial charge in [-0.25, -0.2) is 0 Å². The lowest BCUT2D eigenvalue weighted by atomic mass is 9.46. The van der Waals surface area contributed by atoms with E-state index in [1.54, 1.807) is 0 Å². The Morgan fingerprint density at radius 2 is 0.750 bits per heavy atom. The number of rotatable bonds is 2. The number of benzene rings is 4. The summed E-state index contributed by atoms with van der Waals surface area (Å²) in [6, 6.07) is 38.7. The Balaban J connectivity index is 1.49. The molecule has 0 aromatic heterocycles. The van der Waals surface area contributed by atoms with Gasteiger partial charge in [-0.2, -0.15) is 0 Å². The largest absolute Gasteiger partial charge is 0.491 e. The fourth-order valence-corrected chi connectivity index (χ4v) is 6.91.